The van der Waals surface area contributed by atoms with Crippen LogP contribution in [0.2, 0.25) is 0 Å². The minimum absolute atomic E-state index is 0.334. The summed E-state index contributed by atoms with van der Waals surface area (Å²) in [6, 6.07) is 6.67. The molecule has 19 heavy (non-hydrogen) atoms. The number of ether oxygens (including phenoxy) is 1. The van der Waals surface area contributed by atoms with E-state index in [1.165, 1.54) is 17.5 Å². The maximum absolute atomic E-state index is 5.29. The highest BCUT2D eigenvalue weighted by molar-refractivity contribution is 5.46. The van der Waals surface area contributed by atoms with Crippen LogP contribution in [-0.4, -0.2) is 17.1 Å². The van der Waals surface area contributed by atoms with Crippen molar-refractivity contribution in [2.75, 3.05) is 12.4 Å². The van der Waals surface area contributed by atoms with E-state index in [0.717, 1.165) is 24.3 Å². The maximum Gasteiger partial charge on any atom is 0.119 e. The molecule has 0 saturated carbocycles. The third kappa shape index (κ3) is 2.52. The van der Waals surface area contributed by atoms with Gasteiger partial charge < -0.3 is 10.1 Å². The summed E-state index contributed by atoms with van der Waals surface area (Å²) in [5.41, 5.74) is 3.70. The summed E-state index contributed by atoms with van der Waals surface area (Å²) in [6.07, 6.45) is 8.61. The number of aryl methyl sites for hydroxylation is 1. The van der Waals surface area contributed by atoms with Crippen molar-refractivity contribution in [3.05, 3.63) is 48.0 Å². The lowest BCUT2D eigenvalue weighted by Gasteiger charge is -2.27. The second kappa shape index (κ2) is 5.26. The fraction of sp³-hybridized carbons (Fsp3) is 0.333. The minimum Gasteiger partial charge on any atom is -0.497 e. The highest BCUT2D eigenvalue weighted by Crippen LogP contribution is 2.34. The summed E-state index contributed by atoms with van der Waals surface area (Å²) in [5.74, 6) is 0.933. The van der Waals surface area contributed by atoms with Crippen LogP contribution in [0.3, 0.4) is 0 Å². The third-order valence-corrected chi connectivity index (χ3v) is 3.57. The SMILES string of the molecule is COc1ccc2c(c1)CCCC2Nc1cncnc1. The van der Waals surface area contributed by atoms with Gasteiger partial charge in [-0.2, -0.15) is 0 Å². The van der Waals surface area contributed by atoms with Crippen molar-refractivity contribution in [1.29, 1.82) is 0 Å². The molecule has 0 radical (unpaired) electrons. The van der Waals surface area contributed by atoms with E-state index in [2.05, 4.69) is 27.4 Å². The first kappa shape index (κ1) is 12.0. The Hall–Kier alpha value is -2.10. The summed E-state index contributed by atoms with van der Waals surface area (Å²) < 4.78 is 5.29. The minimum atomic E-state index is 0.334. The van der Waals surface area contributed by atoms with Crippen molar-refractivity contribution in [2.24, 2.45) is 0 Å². The summed E-state index contributed by atoms with van der Waals surface area (Å²) >= 11 is 0. The number of hydrogen-bond donors (Lipinski definition) is 1. The first-order chi connectivity index (χ1) is 9.36. The second-order valence-corrected chi connectivity index (χ2v) is 4.78. The molecule has 0 fully saturated rings. The van der Waals surface area contributed by atoms with Gasteiger partial charge in [0.25, 0.3) is 0 Å². The highest BCUT2D eigenvalue weighted by Gasteiger charge is 2.20. The van der Waals surface area contributed by atoms with E-state index in [1.54, 1.807) is 13.4 Å². The summed E-state index contributed by atoms with van der Waals surface area (Å²) in [7, 11) is 1.71. The van der Waals surface area contributed by atoms with E-state index in [1.807, 2.05) is 18.5 Å². The molecule has 1 heterocycles. The molecule has 1 unspecified atom stereocenters. The Bertz CT molecular complexity index is 557. The molecular formula is C15H17N3O. The molecule has 0 spiro atoms. The van der Waals surface area contributed by atoms with Gasteiger partial charge in [-0.1, -0.05) is 6.07 Å². The third-order valence-electron chi connectivity index (χ3n) is 3.57. The molecule has 0 bridgehead atoms. The van der Waals surface area contributed by atoms with Gasteiger partial charge in [-0.15, -0.1) is 0 Å². The number of rotatable bonds is 3. The zero-order valence-electron chi connectivity index (χ0n) is 11.0. The van der Waals surface area contributed by atoms with E-state index < -0.39 is 0 Å². The van der Waals surface area contributed by atoms with E-state index in [-0.39, 0.29) is 0 Å². The van der Waals surface area contributed by atoms with Gasteiger partial charge in [-0.05, 0) is 42.5 Å². The van der Waals surface area contributed by atoms with E-state index in [4.69, 9.17) is 4.74 Å². The van der Waals surface area contributed by atoms with Crippen LogP contribution in [0, 0.1) is 0 Å². The van der Waals surface area contributed by atoms with Crippen LogP contribution < -0.4 is 10.1 Å². The fourth-order valence-corrected chi connectivity index (χ4v) is 2.64. The Morgan fingerprint density at radius 2 is 2.11 bits per heavy atom. The van der Waals surface area contributed by atoms with Crippen LogP contribution in [0.1, 0.15) is 30.0 Å². The van der Waals surface area contributed by atoms with Crippen molar-refractivity contribution in [3.8, 4) is 5.75 Å². The van der Waals surface area contributed by atoms with Gasteiger partial charge >= 0.3 is 0 Å². The van der Waals surface area contributed by atoms with Crippen molar-refractivity contribution >= 4 is 5.69 Å². The lowest BCUT2D eigenvalue weighted by Crippen LogP contribution is -2.17. The van der Waals surface area contributed by atoms with Gasteiger partial charge in [0.1, 0.15) is 12.1 Å². The van der Waals surface area contributed by atoms with E-state index in [0.29, 0.717) is 6.04 Å². The van der Waals surface area contributed by atoms with Gasteiger partial charge in [0, 0.05) is 0 Å². The summed E-state index contributed by atoms with van der Waals surface area (Å²) in [5, 5.41) is 3.51. The molecule has 2 aromatic rings. The average Bonchev–Trinajstić information content (AvgIpc) is 2.48. The number of methoxy groups -OCH3 is 1. The number of nitrogens with one attached hydrogen (secondary N) is 1. The zero-order valence-corrected chi connectivity index (χ0v) is 11.0. The second-order valence-electron chi connectivity index (χ2n) is 4.78. The highest BCUT2D eigenvalue weighted by atomic mass is 16.5. The number of fused-ring (bicyclic) bond motifs is 1. The molecule has 1 aromatic heterocycles. The summed E-state index contributed by atoms with van der Waals surface area (Å²) in [6.45, 7) is 0. The molecule has 4 nitrogen and oxygen atoms in total. The number of nitrogens with zero attached hydrogens (tertiary/aromatic N) is 2. The standard InChI is InChI=1S/C15H17N3O/c1-19-13-5-6-14-11(7-13)3-2-4-15(14)18-12-8-16-10-17-9-12/h5-10,15,18H,2-4H2,1H3. The molecule has 0 aliphatic heterocycles. The maximum atomic E-state index is 5.29. The smallest absolute Gasteiger partial charge is 0.119 e. The molecule has 1 aromatic carbocycles. The molecule has 1 aliphatic rings. The quantitative estimate of drug-likeness (QED) is 0.916. The van der Waals surface area contributed by atoms with Gasteiger partial charge in [0.15, 0.2) is 0 Å². The lowest BCUT2D eigenvalue weighted by molar-refractivity contribution is 0.413. The predicted octanol–water partition coefficient (Wildman–Crippen LogP) is 2.97. The van der Waals surface area contributed by atoms with Crippen molar-refractivity contribution < 1.29 is 4.74 Å². The van der Waals surface area contributed by atoms with Crippen molar-refractivity contribution in [2.45, 2.75) is 25.3 Å². The van der Waals surface area contributed by atoms with Crippen LogP contribution in [0.25, 0.3) is 0 Å². The molecule has 0 saturated heterocycles. The van der Waals surface area contributed by atoms with Gasteiger partial charge in [0.2, 0.25) is 0 Å². The Morgan fingerprint density at radius 3 is 2.89 bits per heavy atom. The fourth-order valence-electron chi connectivity index (χ4n) is 2.64. The van der Waals surface area contributed by atoms with Crippen LogP contribution in [0.5, 0.6) is 5.75 Å². The van der Waals surface area contributed by atoms with Crippen molar-refractivity contribution in [1.82, 2.24) is 9.97 Å². The Balaban J connectivity index is 1.86. The lowest BCUT2D eigenvalue weighted by atomic mass is 9.87. The Kier molecular flexibility index (Phi) is 3.31. The van der Waals surface area contributed by atoms with Crippen LogP contribution in [0.4, 0.5) is 5.69 Å². The Morgan fingerprint density at radius 1 is 1.26 bits per heavy atom. The topological polar surface area (TPSA) is 47.0 Å². The molecule has 3 rings (SSSR count). The monoisotopic (exact) mass is 255 g/mol. The normalized spacial score (nSPS) is 17.6. The van der Waals surface area contributed by atoms with Gasteiger partial charge in [-0.3, -0.25) is 0 Å². The average molecular weight is 255 g/mol. The Labute approximate surface area is 112 Å². The number of anilines is 1. The van der Waals surface area contributed by atoms with E-state index >= 15 is 0 Å². The first-order valence-corrected chi connectivity index (χ1v) is 6.55. The first-order valence-electron chi connectivity index (χ1n) is 6.55. The summed E-state index contributed by atoms with van der Waals surface area (Å²) in [4.78, 5) is 8.08. The largest absolute Gasteiger partial charge is 0.497 e. The van der Waals surface area contributed by atoms with Crippen molar-refractivity contribution in [3.63, 3.8) is 0 Å². The molecule has 0 amide bonds. The number of aromatic nitrogens is 2. The predicted molar refractivity (Wildman–Crippen MR) is 74.3 cm³/mol. The molecule has 1 N–H and O–H groups in total. The zero-order chi connectivity index (χ0) is 13.1. The molecular weight excluding hydrogens is 238 g/mol. The van der Waals surface area contributed by atoms with Crippen LogP contribution in [-0.2, 0) is 6.42 Å². The molecule has 1 atom stereocenters. The van der Waals surface area contributed by atoms with Gasteiger partial charge in [0.05, 0.1) is 31.2 Å². The number of hydrogen-bond acceptors (Lipinski definition) is 4. The van der Waals surface area contributed by atoms with Gasteiger partial charge in [-0.25, -0.2) is 9.97 Å². The molecule has 1 aliphatic carbocycles. The van der Waals surface area contributed by atoms with Crippen LogP contribution >= 0.6 is 0 Å². The number of benzene rings is 1. The molecule has 4 heteroatoms. The van der Waals surface area contributed by atoms with Crippen LogP contribution in [0.15, 0.2) is 36.9 Å². The van der Waals surface area contributed by atoms with E-state index in [9.17, 15) is 0 Å². The molecule has 98 valence electrons.